The summed E-state index contributed by atoms with van der Waals surface area (Å²) in [6.45, 7) is 0.479. The first-order chi connectivity index (χ1) is 20.2. The van der Waals surface area contributed by atoms with Crippen molar-refractivity contribution in [3.8, 4) is 17.2 Å². The van der Waals surface area contributed by atoms with Crippen molar-refractivity contribution in [3.05, 3.63) is 110 Å². The van der Waals surface area contributed by atoms with Crippen LogP contribution in [-0.4, -0.2) is 39.8 Å². The standard InChI is InChI=1S/C32H25Cl2NO7/c33-21-6-3-4-18(10-21)17-40-29-13-27(20(11-25(29)34)15-35-16-22(36)12-26(35)32(38)39)41-28-14-30(37)42-31-23-7-2-1-5-19(23)8-9-24(28)31/h1-11,13-14,22,26,36H,12,15-17H2,(H,38,39)/t22-,26+/m1/s1. The van der Waals surface area contributed by atoms with Crippen molar-refractivity contribution in [2.45, 2.75) is 31.7 Å². The molecule has 8 nitrogen and oxygen atoms in total. The Morgan fingerprint density at radius 1 is 0.952 bits per heavy atom. The normalized spacial score (nSPS) is 17.1. The number of carboxylic acids is 1. The Morgan fingerprint density at radius 2 is 1.79 bits per heavy atom. The number of aliphatic hydroxyl groups excluding tert-OH is 1. The largest absolute Gasteiger partial charge is 0.487 e. The fraction of sp³-hybridized carbons (Fsp3) is 0.188. The Kier molecular flexibility index (Phi) is 7.79. The smallest absolute Gasteiger partial charge is 0.339 e. The molecular weight excluding hydrogens is 581 g/mol. The van der Waals surface area contributed by atoms with Gasteiger partial charge in [0.15, 0.2) is 0 Å². The van der Waals surface area contributed by atoms with Crippen LogP contribution in [0.4, 0.5) is 0 Å². The number of hydrogen-bond donors (Lipinski definition) is 2. The summed E-state index contributed by atoms with van der Waals surface area (Å²) >= 11 is 12.8. The second kappa shape index (κ2) is 11.7. The van der Waals surface area contributed by atoms with Gasteiger partial charge in [0.2, 0.25) is 0 Å². The van der Waals surface area contributed by atoms with Crippen molar-refractivity contribution in [1.29, 1.82) is 0 Å². The number of benzene rings is 4. The average Bonchev–Trinajstić information content (AvgIpc) is 3.33. The molecule has 2 N–H and O–H groups in total. The molecular formula is C32H25Cl2NO7. The van der Waals surface area contributed by atoms with E-state index in [1.165, 1.54) is 6.07 Å². The highest BCUT2D eigenvalue weighted by atomic mass is 35.5. The summed E-state index contributed by atoms with van der Waals surface area (Å²) in [7, 11) is 0. The number of carbonyl (C=O) groups is 1. The Bertz CT molecular complexity index is 1870. The zero-order chi connectivity index (χ0) is 29.4. The van der Waals surface area contributed by atoms with Crippen molar-refractivity contribution in [2.75, 3.05) is 6.54 Å². The van der Waals surface area contributed by atoms with Gasteiger partial charge in [-0.2, -0.15) is 0 Å². The number of likely N-dealkylation sites (tertiary alicyclic amines) is 1. The number of aliphatic carboxylic acids is 1. The SMILES string of the molecule is O=C(O)[C@@H]1C[C@@H](O)CN1Cc1cc(Cl)c(OCc2cccc(Cl)c2)cc1Oc1cc(=O)oc2c1ccc1ccccc12. The molecule has 6 rings (SSSR count). The van der Waals surface area contributed by atoms with E-state index in [1.807, 2.05) is 48.5 Å². The van der Waals surface area contributed by atoms with Gasteiger partial charge in [0.05, 0.1) is 22.6 Å². The van der Waals surface area contributed by atoms with Gasteiger partial charge in [-0.3, -0.25) is 9.69 Å². The lowest BCUT2D eigenvalue weighted by Gasteiger charge is -2.23. The maximum absolute atomic E-state index is 12.7. The molecule has 0 aliphatic carbocycles. The summed E-state index contributed by atoms with van der Waals surface area (Å²) in [6, 6.07) is 22.2. The molecule has 0 unspecified atom stereocenters. The molecule has 42 heavy (non-hydrogen) atoms. The van der Waals surface area contributed by atoms with Gasteiger partial charge in [0.25, 0.3) is 0 Å². The minimum Gasteiger partial charge on any atom is -0.487 e. The molecule has 0 bridgehead atoms. The highest BCUT2D eigenvalue weighted by Crippen LogP contribution is 2.39. The number of rotatable bonds is 8. The minimum absolute atomic E-state index is 0.109. The molecule has 5 aromatic rings. The summed E-state index contributed by atoms with van der Waals surface area (Å²) in [5.41, 5.74) is 1.18. The van der Waals surface area contributed by atoms with E-state index in [4.69, 9.17) is 37.1 Å². The third-order valence-electron chi connectivity index (χ3n) is 7.25. The van der Waals surface area contributed by atoms with E-state index >= 15 is 0 Å². The molecule has 10 heteroatoms. The van der Waals surface area contributed by atoms with Crippen LogP contribution in [0.5, 0.6) is 17.2 Å². The number of halogens is 2. The van der Waals surface area contributed by atoms with Crippen molar-refractivity contribution >= 4 is 50.9 Å². The molecule has 1 aliphatic rings. The van der Waals surface area contributed by atoms with Crippen molar-refractivity contribution in [2.24, 2.45) is 0 Å². The van der Waals surface area contributed by atoms with Gasteiger partial charge in [0, 0.05) is 41.5 Å². The average molecular weight is 606 g/mol. The van der Waals surface area contributed by atoms with Gasteiger partial charge in [0.1, 0.15) is 35.5 Å². The molecule has 1 saturated heterocycles. The Labute approximate surface area is 250 Å². The van der Waals surface area contributed by atoms with E-state index < -0.39 is 23.7 Å². The number of ether oxygens (including phenoxy) is 2. The lowest BCUT2D eigenvalue weighted by molar-refractivity contribution is -0.142. The fourth-order valence-corrected chi connectivity index (χ4v) is 5.74. The van der Waals surface area contributed by atoms with Crippen LogP contribution in [0.3, 0.4) is 0 Å². The van der Waals surface area contributed by atoms with Crippen molar-refractivity contribution in [1.82, 2.24) is 4.90 Å². The molecule has 0 radical (unpaired) electrons. The van der Waals surface area contributed by atoms with E-state index in [2.05, 4.69) is 0 Å². The van der Waals surface area contributed by atoms with Crippen LogP contribution in [0.15, 0.2) is 88.1 Å². The number of fused-ring (bicyclic) bond motifs is 3. The first-order valence-corrected chi connectivity index (χ1v) is 14.0. The molecule has 2 heterocycles. The highest BCUT2D eigenvalue weighted by Gasteiger charge is 2.36. The molecule has 0 amide bonds. The number of hydrogen-bond acceptors (Lipinski definition) is 7. The van der Waals surface area contributed by atoms with Crippen LogP contribution < -0.4 is 15.1 Å². The van der Waals surface area contributed by atoms with Crippen molar-refractivity contribution in [3.63, 3.8) is 0 Å². The van der Waals surface area contributed by atoms with Gasteiger partial charge >= 0.3 is 11.6 Å². The van der Waals surface area contributed by atoms with Gasteiger partial charge in [-0.1, -0.05) is 65.7 Å². The molecule has 2 atom stereocenters. The van der Waals surface area contributed by atoms with Crippen LogP contribution in [0.2, 0.25) is 10.0 Å². The summed E-state index contributed by atoms with van der Waals surface area (Å²) in [5.74, 6) is -0.136. The molecule has 214 valence electrons. The predicted octanol–water partition coefficient (Wildman–Crippen LogP) is 6.64. The van der Waals surface area contributed by atoms with Crippen LogP contribution >= 0.6 is 23.2 Å². The van der Waals surface area contributed by atoms with E-state index in [0.717, 1.165) is 16.3 Å². The zero-order valence-corrected chi connectivity index (χ0v) is 23.6. The number of carboxylic acid groups (broad SMARTS) is 1. The van der Waals surface area contributed by atoms with Crippen LogP contribution in [0, 0.1) is 0 Å². The summed E-state index contributed by atoms with van der Waals surface area (Å²) in [5, 5.41) is 23.0. The Hall–Kier alpha value is -4.08. The van der Waals surface area contributed by atoms with E-state index in [-0.39, 0.29) is 36.9 Å². The molecule has 1 fully saturated rings. The first kappa shape index (κ1) is 28.1. The molecule has 0 spiro atoms. The maximum atomic E-state index is 12.7. The second-order valence-corrected chi connectivity index (χ2v) is 11.0. The van der Waals surface area contributed by atoms with Gasteiger partial charge in [-0.25, -0.2) is 4.79 Å². The minimum atomic E-state index is -1.03. The van der Waals surface area contributed by atoms with Gasteiger partial charge in [-0.15, -0.1) is 0 Å². The monoisotopic (exact) mass is 605 g/mol. The van der Waals surface area contributed by atoms with Gasteiger partial charge in [-0.05, 0) is 35.2 Å². The van der Waals surface area contributed by atoms with E-state index in [0.29, 0.717) is 33.1 Å². The lowest BCUT2D eigenvalue weighted by atomic mass is 10.1. The third-order valence-corrected chi connectivity index (χ3v) is 7.79. The van der Waals surface area contributed by atoms with Gasteiger partial charge < -0.3 is 24.1 Å². The van der Waals surface area contributed by atoms with Crippen LogP contribution in [0.1, 0.15) is 17.5 Å². The van der Waals surface area contributed by atoms with E-state index in [1.54, 1.807) is 29.2 Å². The number of β-amino-alcohol motifs (C(OH)–C–C–N with tert-alkyl or cyclic N) is 1. The Morgan fingerprint density at radius 3 is 2.60 bits per heavy atom. The van der Waals surface area contributed by atoms with E-state index in [9.17, 15) is 19.8 Å². The third kappa shape index (κ3) is 5.80. The summed E-state index contributed by atoms with van der Waals surface area (Å²) < 4.78 is 18.0. The number of aliphatic hydroxyl groups is 1. The first-order valence-electron chi connectivity index (χ1n) is 13.2. The molecule has 1 aromatic heterocycles. The fourth-order valence-electron chi connectivity index (χ4n) is 5.29. The maximum Gasteiger partial charge on any atom is 0.339 e. The van der Waals surface area contributed by atoms with Crippen LogP contribution in [0.25, 0.3) is 21.7 Å². The topological polar surface area (TPSA) is 109 Å². The quantitative estimate of drug-likeness (QED) is 0.149. The molecule has 4 aromatic carbocycles. The zero-order valence-electron chi connectivity index (χ0n) is 22.1. The second-order valence-electron chi connectivity index (χ2n) is 10.2. The van der Waals surface area contributed by atoms with Crippen molar-refractivity contribution < 1.29 is 28.9 Å². The van der Waals surface area contributed by atoms with Crippen LogP contribution in [-0.2, 0) is 17.9 Å². The summed E-state index contributed by atoms with van der Waals surface area (Å²) in [6.07, 6.45) is -0.667. The summed E-state index contributed by atoms with van der Waals surface area (Å²) in [4.78, 5) is 26.2. The predicted molar refractivity (Wildman–Crippen MR) is 160 cm³/mol. The molecule has 1 aliphatic heterocycles. The highest BCUT2D eigenvalue weighted by molar-refractivity contribution is 6.32. The molecule has 0 saturated carbocycles. The number of nitrogens with zero attached hydrogens (tertiary/aromatic N) is 1. The lowest BCUT2D eigenvalue weighted by Crippen LogP contribution is -2.35. The Balaban J connectivity index is 1.42.